The lowest BCUT2D eigenvalue weighted by molar-refractivity contribution is -0.146. The Morgan fingerprint density at radius 3 is 2.70 bits per heavy atom. The van der Waals surface area contributed by atoms with E-state index in [1.165, 1.54) is 5.56 Å². The first kappa shape index (κ1) is 13.4. The predicted octanol–water partition coefficient (Wildman–Crippen LogP) is 2.71. The minimum absolute atomic E-state index is 0.124. The van der Waals surface area contributed by atoms with Gasteiger partial charge in [0.1, 0.15) is 0 Å². The van der Waals surface area contributed by atoms with E-state index in [0.29, 0.717) is 12.5 Å². The highest BCUT2D eigenvalue weighted by Crippen LogP contribution is 2.45. The van der Waals surface area contributed by atoms with E-state index in [1.807, 2.05) is 19.2 Å². The average Bonchev–Trinajstić information content (AvgIpc) is 2.94. The third-order valence-electron chi connectivity index (χ3n) is 4.82. The molecule has 0 amide bonds. The number of benzene rings is 1. The standard InChI is InChI=1S/C16H21NO3/c1-17-12-4-2-10(3-5-12)11-8-14(16(18)19)13-6-7-20-15(13)9-11/h2-5,11,13-15,17H,6-9H2,1H3,(H,18,19). The average molecular weight is 275 g/mol. The molecule has 2 fully saturated rings. The highest BCUT2D eigenvalue weighted by atomic mass is 16.5. The van der Waals surface area contributed by atoms with Gasteiger partial charge in [0.2, 0.25) is 0 Å². The molecule has 1 aromatic carbocycles. The second-order valence-electron chi connectivity index (χ2n) is 5.85. The largest absolute Gasteiger partial charge is 0.481 e. The fourth-order valence-electron chi connectivity index (χ4n) is 3.70. The summed E-state index contributed by atoms with van der Waals surface area (Å²) in [4.78, 5) is 11.5. The molecule has 1 saturated carbocycles. The van der Waals surface area contributed by atoms with Crippen molar-refractivity contribution in [1.82, 2.24) is 0 Å². The summed E-state index contributed by atoms with van der Waals surface area (Å²) in [6, 6.07) is 8.30. The molecule has 0 radical (unpaired) electrons. The van der Waals surface area contributed by atoms with Gasteiger partial charge in [0.15, 0.2) is 0 Å². The van der Waals surface area contributed by atoms with Crippen LogP contribution in [-0.4, -0.2) is 30.8 Å². The number of hydrogen-bond acceptors (Lipinski definition) is 3. The van der Waals surface area contributed by atoms with Crippen LogP contribution in [0.1, 0.15) is 30.7 Å². The summed E-state index contributed by atoms with van der Waals surface area (Å²) in [5, 5.41) is 12.6. The van der Waals surface area contributed by atoms with Crippen LogP contribution >= 0.6 is 0 Å². The lowest BCUT2D eigenvalue weighted by atomic mass is 9.70. The van der Waals surface area contributed by atoms with Gasteiger partial charge in [-0.15, -0.1) is 0 Å². The normalized spacial score (nSPS) is 32.6. The highest BCUT2D eigenvalue weighted by Gasteiger charge is 2.44. The van der Waals surface area contributed by atoms with Gasteiger partial charge >= 0.3 is 5.97 Å². The first-order chi connectivity index (χ1) is 9.69. The van der Waals surface area contributed by atoms with Crippen LogP contribution in [0.5, 0.6) is 0 Å². The molecule has 20 heavy (non-hydrogen) atoms. The number of carboxylic acid groups (broad SMARTS) is 1. The van der Waals surface area contributed by atoms with Gasteiger partial charge in [-0.05, 0) is 42.9 Å². The van der Waals surface area contributed by atoms with E-state index in [4.69, 9.17) is 4.74 Å². The van der Waals surface area contributed by atoms with E-state index in [-0.39, 0.29) is 17.9 Å². The maximum Gasteiger partial charge on any atom is 0.306 e. The zero-order valence-corrected chi connectivity index (χ0v) is 11.7. The SMILES string of the molecule is CNc1ccc(C2CC3OCCC3C(C(=O)O)C2)cc1. The van der Waals surface area contributed by atoms with Crippen LogP contribution in [0.25, 0.3) is 0 Å². The van der Waals surface area contributed by atoms with E-state index in [0.717, 1.165) is 24.9 Å². The number of hydrogen-bond donors (Lipinski definition) is 2. The van der Waals surface area contributed by atoms with Crippen molar-refractivity contribution in [2.24, 2.45) is 11.8 Å². The van der Waals surface area contributed by atoms with Crippen molar-refractivity contribution in [2.45, 2.75) is 31.3 Å². The summed E-state index contributed by atoms with van der Waals surface area (Å²) in [7, 11) is 1.90. The van der Waals surface area contributed by atoms with E-state index in [9.17, 15) is 9.90 Å². The van der Waals surface area contributed by atoms with Crippen LogP contribution in [0.3, 0.4) is 0 Å². The molecule has 4 unspecified atom stereocenters. The number of carboxylic acids is 1. The molecule has 1 aliphatic carbocycles. The van der Waals surface area contributed by atoms with Gasteiger partial charge in [0, 0.05) is 25.3 Å². The Balaban J connectivity index is 1.81. The Morgan fingerprint density at radius 2 is 2.05 bits per heavy atom. The molecule has 4 atom stereocenters. The quantitative estimate of drug-likeness (QED) is 0.890. The first-order valence-corrected chi connectivity index (χ1v) is 7.31. The maximum absolute atomic E-state index is 11.5. The van der Waals surface area contributed by atoms with Crippen molar-refractivity contribution in [3.05, 3.63) is 29.8 Å². The third-order valence-corrected chi connectivity index (χ3v) is 4.82. The Hall–Kier alpha value is -1.55. The van der Waals surface area contributed by atoms with Crippen LogP contribution in [0.4, 0.5) is 5.69 Å². The number of nitrogens with one attached hydrogen (secondary N) is 1. The molecule has 0 aromatic heterocycles. The lowest BCUT2D eigenvalue weighted by Crippen LogP contribution is -2.37. The van der Waals surface area contributed by atoms with Gasteiger partial charge in [-0.25, -0.2) is 0 Å². The van der Waals surface area contributed by atoms with Crippen LogP contribution in [-0.2, 0) is 9.53 Å². The number of fused-ring (bicyclic) bond motifs is 1. The van der Waals surface area contributed by atoms with E-state index in [1.54, 1.807) is 0 Å². The summed E-state index contributed by atoms with van der Waals surface area (Å²) < 4.78 is 5.76. The van der Waals surface area contributed by atoms with Crippen molar-refractivity contribution in [2.75, 3.05) is 19.0 Å². The second-order valence-corrected chi connectivity index (χ2v) is 5.85. The van der Waals surface area contributed by atoms with E-state index < -0.39 is 5.97 Å². The molecule has 2 N–H and O–H groups in total. The molecule has 3 rings (SSSR count). The molecule has 4 nitrogen and oxygen atoms in total. The summed E-state index contributed by atoms with van der Waals surface area (Å²) >= 11 is 0. The van der Waals surface area contributed by atoms with Crippen molar-refractivity contribution >= 4 is 11.7 Å². The zero-order valence-electron chi connectivity index (χ0n) is 11.7. The molecule has 0 bridgehead atoms. The Labute approximate surface area is 119 Å². The summed E-state index contributed by atoms with van der Waals surface area (Å²) in [5.41, 5.74) is 2.30. The molecular formula is C16H21NO3. The minimum Gasteiger partial charge on any atom is -0.481 e. The topological polar surface area (TPSA) is 58.6 Å². The van der Waals surface area contributed by atoms with Gasteiger partial charge < -0.3 is 15.2 Å². The maximum atomic E-state index is 11.5. The molecule has 1 saturated heterocycles. The molecule has 4 heteroatoms. The minimum atomic E-state index is -0.665. The van der Waals surface area contributed by atoms with Gasteiger partial charge in [-0.2, -0.15) is 0 Å². The van der Waals surface area contributed by atoms with Gasteiger partial charge in [-0.1, -0.05) is 12.1 Å². The van der Waals surface area contributed by atoms with Crippen molar-refractivity contribution in [1.29, 1.82) is 0 Å². The Kier molecular flexibility index (Phi) is 3.66. The van der Waals surface area contributed by atoms with E-state index >= 15 is 0 Å². The van der Waals surface area contributed by atoms with Crippen molar-refractivity contribution < 1.29 is 14.6 Å². The lowest BCUT2D eigenvalue weighted by Gasteiger charge is -2.35. The molecule has 1 heterocycles. The van der Waals surface area contributed by atoms with Gasteiger partial charge in [-0.3, -0.25) is 4.79 Å². The number of ether oxygens (including phenoxy) is 1. The van der Waals surface area contributed by atoms with Crippen LogP contribution in [0, 0.1) is 11.8 Å². The van der Waals surface area contributed by atoms with Crippen LogP contribution in [0.2, 0.25) is 0 Å². The fourth-order valence-corrected chi connectivity index (χ4v) is 3.70. The Bertz CT molecular complexity index is 485. The summed E-state index contributed by atoms with van der Waals surface area (Å²) in [6.07, 6.45) is 2.71. The molecular weight excluding hydrogens is 254 g/mol. The number of aliphatic carboxylic acids is 1. The number of carbonyl (C=O) groups is 1. The summed E-state index contributed by atoms with van der Waals surface area (Å²) in [5.74, 6) is -0.422. The molecule has 2 aliphatic rings. The van der Waals surface area contributed by atoms with Gasteiger partial charge in [0.25, 0.3) is 0 Å². The zero-order chi connectivity index (χ0) is 14.1. The smallest absolute Gasteiger partial charge is 0.306 e. The monoisotopic (exact) mass is 275 g/mol. The molecule has 1 aromatic rings. The fraction of sp³-hybridized carbons (Fsp3) is 0.562. The van der Waals surface area contributed by atoms with Crippen molar-refractivity contribution in [3.8, 4) is 0 Å². The van der Waals surface area contributed by atoms with E-state index in [2.05, 4.69) is 17.4 Å². The van der Waals surface area contributed by atoms with Crippen LogP contribution in [0.15, 0.2) is 24.3 Å². The second kappa shape index (κ2) is 5.44. The van der Waals surface area contributed by atoms with Gasteiger partial charge in [0.05, 0.1) is 12.0 Å². The van der Waals surface area contributed by atoms with Crippen molar-refractivity contribution in [3.63, 3.8) is 0 Å². The first-order valence-electron chi connectivity index (χ1n) is 7.31. The highest BCUT2D eigenvalue weighted by molar-refractivity contribution is 5.71. The van der Waals surface area contributed by atoms with Crippen LogP contribution < -0.4 is 5.32 Å². The predicted molar refractivity (Wildman–Crippen MR) is 76.9 cm³/mol. The number of rotatable bonds is 3. The molecule has 1 aliphatic heterocycles. The summed E-state index contributed by atoms with van der Waals surface area (Å²) in [6.45, 7) is 0.713. The Morgan fingerprint density at radius 1 is 1.30 bits per heavy atom. The molecule has 0 spiro atoms. The number of anilines is 1. The third kappa shape index (κ3) is 2.40. The molecule has 108 valence electrons.